The maximum atomic E-state index is 11.6. The molecule has 0 saturated heterocycles. The van der Waals surface area contributed by atoms with E-state index in [0.29, 0.717) is 19.6 Å². The van der Waals surface area contributed by atoms with E-state index in [2.05, 4.69) is 15.9 Å². The van der Waals surface area contributed by atoms with Crippen molar-refractivity contribution in [3.8, 4) is 0 Å². The van der Waals surface area contributed by atoms with Crippen molar-refractivity contribution in [3.05, 3.63) is 0 Å². The van der Waals surface area contributed by atoms with E-state index >= 15 is 0 Å². The number of rotatable bonds is 9. The van der Waals surface area contributed by atoms with Gasteiger partial charge in [-0.1, -0.05) is 22.4 Å². The first-order valence-corrected chi connectivity index (χ1v) is 7.16. The standard InChI is InChI=1S/C12H21BrO4/c1-3-16-11(14)9-10(7-5-6-8-13)12(15)17-4-2/h10H,3-9H2,1-2H3. The molecule has 4 nitrogen and oxygen atoms in total. The Hall–Kier alpha value is -0.580. The molecule has 0 fully saturated rings. The summed E-state index contributed by atoms with van der Waals surface area (Å²) in [5.74, 6) is -0.993. The van der Waals surface area contributed by atoms with E-state index in [1.54, 1.807) is 13.8 Å². The molecule has 1 unspecified atom stereocenters. The smallest absolute Gasteiger partial charge is 0.309 e. The monoisotopic (exact) mass is 308 g/mol. The summed E-state index contributed by atoms with van der Waals surface area (Å²) in [7, 11) is 0. The minimum atomic E-state index is -0.368. The van der Waals surface area contributed by atoms with Gasteiger partial charge >= 0.3 is 11.9 Å². The number of carbonyl (C=O) groups is 2. The summed E-state index contributed by atoms with van der Waals surface area (Å²) in [5, 5.41) is 0.905. The second kappa shape index (κ2) is 10.6. The maximum absolute atomic E-state index is 11.6. The van der Waals surface area contributed by atoms with Gasteiger partial charge in [-0.15, -0.1) is 0 Å². The van der Waals surface area contributed by atoms with Gasteiger partial charge in [-0.25, -0.2) is 0 Å². The molecule has 0 spiro atoms. The molecular weight excluding hydrogens is 288 g/mol. The van der Waals surface area contributed by atoms with Crippen molar-refractivity contribution in [1.29, 1.82) is 0 Å². The maximum Gasteiger partial charge on any atom is 0.309 e. The van der Waals surface area contributed by atoms with E-state index in [1.807, 2.05) is 0 Å². The summed E-state index contributed by atoms with van der Waals surface area (Å²) in [6, 6.07) is 0. The third kappa shape index (κ3) is 8.18. The molecule has 1 atom stereocenters. The molecule has 0 bridgehead atoms. The van der Waals surface area contributed by atoms with Crippen molar-refractivity contribution in [2.75, 3.05) is 18.5 Å². The predicted octanol–water partition coefficient (Wildman–Crippen LogP) is 2.68. The van der Waals surface area contributed by atoms with Crippen LogP contribution in [0.15, 0.2) is 0 Å². The van der Waals surface area contributed by atoms with Gasteiger partial charge < -0.3 is 9.47 Å². The fraction of sp³-hybridized carbons (Fsp3) is 0.833. The Morgan fingerprint density at radius 3 is 2.29 bits per heavy atom. The van der Waals surface area contributed by atoms with Gasteiger partial charge in [0, 0.05) is 5.33 Å². The van der Waals surface area contributed by atoms with Crippen molar-refractivity contribution in [2.24, 2.45) is 5.92 Å². The van der Waals surface area contributed by atoms with E-state index in [4.69, 9.17) is 9.47 Å². The molecule has 5 heteroatoms. The molecular formula is C12H21BrO4. The summed E-state index contributed by atoms with van der Waals surface area (Å²) in [4.78, 5) is 23.0. The van der Waals surface area contributed by atoms with Crippen LogP contribution in [0.3, 0.4) is 0 Å². The molecule has 0 rings (SSSR count). The minimum Gasteiger partial charge on any atom is -0.466 e. The van der Waals surface area contributed by atoms with Crippen LogP contribution < -0.4 is 0 Å². The van der Waals surface area contributed by atoms with Gasteiger partial charge in [0.05, 0.1) is 25.6 Å². The molecule has 0 aliphatic carbocycles. The molecule has 17 heavy (non-hydrogen) atoms. The van der Waals surface area contributed by atoms with Crippen LogP contribution in [0.1, 0.15) is 39.5 Å². The molecule has 100 valence electrons. The van der Waals surface area contributed by atoms with Crippen molar-refractivity contribution in [2.45, 2.75) is 39.5 Å². The molecule has 0 aliphatic heterocycles. The lowest BCUT2D eigenvalue weighted by molar-refractivity contribution is -0.155. The summed E-state index contributed by atoms with van der Waals surface area (Å²) >= 11 is 3.34. The topological polar surface area (TPSA) is 52.6 Å². The first kappa shape index (κ1) is 16.4. The quantitative estimate of drug-likeness (QED) is 0.373. The fourth-order valence-electron chi connectivity index (χ4n) is 1.47. The molecule has 0 heterocycles. The Labute approximate surface area is 111 Å². The van der Waals surface area contributed by atoms with Gasteiger partial charge in [0.2, 0.25) is 0 Å². The second-order valence-electron chi connectivity index (χ2n) is 3.64. The average Bonchev–Trinajstić information content (AvgIpc) is 2.28. The molecule has 0 amide bonds. The molecule has 0 radical (unpaired) electrons. The van der Waals surface area contributed by atoms with Crippen LogP contribution in [0.5, 0.6) is 0 Å². The highest BCUT2D eigenvalue weighted by Gasteiger charge is 2.23. The zero-order valence-corrected chi connectivity index (χ0v) is 12.1. The third-order valence-electron chi connectivity index (χ3n) is 2.27. The number of unbranched alkanes of at least 4 members (excludes halogenated alkanes) is 1. The average molecular weight is 309 g/mol. The summed E-state index contributed by atoms with van der Waals surface area (Å²) < 4.78 is 9.81. The van der Waals surface area contributed by atoms with Gasteiger partial charge in [-0.2, -0.15) is 0 Å². The number of hydrogen-bond acceptors (Lipinski definition) is 4. The number of esters is 2. The van der Waals surface area contributed by atoms with Crippen LogP contribution in [0.25, 0.3) is 0 Å². The Morgan fingerprint density at radius 2 is 1.76 bits per heavy atom. The first-order valence-electron chi connectivity index (χ1n) is 6.03. The van der Waals surface area contributed by atoms with Crippen LogP contribution in [-0.2, 0) is 19.1 Å². The van der Waals surface area contributed by atoms with Crippen molar-refractivity contribution < 1.29 is 19.1 Å². The summed E-state index contributed by atoms with van der Waals surface area (Å²) in [6.07, 6.45) is 2.67. The predicted molar refractivity (Wildman–Crippen MR) is 69.0 cm³/mol. The third-order valence-corrected chi connectivity index (χ3v) is 2.84. The number of carbonyl (C=O) groups excluding carboxylic acids is 2. The van der Waals surface area contributed by atoms with E-state index in [-0.39, 0.29) is 24.3 Å². The molecule has 0 aliphatic rings. The molecule has 0 aromatic heterocycles. The minimum absolute atomic E-state index is 0.120. The van der Waals surface area contributed by atoms with E-state index in [0.717, 1.165) is 18.2 Å². The number of halogens is 1. The lowest BCUT2D eigenvalue weighted by Crippen LogP contribution is -2.22. The normalized spacial score (nSPS) is 11.9. The summed E-state index contributed by atoms with van der Waals surface area (Å²) in [5.41, 5.74) is 0. The van der Waals surface area contributed by atoms with E-state index in [1.165, 1.54) is 0 Å². The van der Waals surface area contributed by atoms with E-state index < -0.39 is 0 Å². The van der Waals surface area contributed by atoms with Crippen LogP contribution in [0, 0.1) is 5.92 Å². The largest absolute Gasteiger partial charge is 0.466 e. The van der Waals surface area contributed by atoms with Gasteiger partial charge in [-0.05, 0) is 26.7 Å². The highest BCUT2D eigenvalue weighted by molar-refractivity contribution is 9.09. The highest BCUT2D eigenvalue weighted by Crippen LogP contribution is 2.16. The van der Waals surface area contributed by atoms with Crippen LogP contribution in [0.4, 0.5) is 0 Å². The van der Waals surface area contributed by atoms with Gasteiger partial charge in [0.15, 0.2) is 0 Å². The molecule has 0 N–H and O–H groups in total. The van der Waals surface area contributed by atoms with Crippen molar-refractivity contribution in [3.63, 3.8) is 0 Å². The molecule has 0 saturated carbocycles. The number of alkyl halides is 1. The lowest BCUT2D eigenvalue weighted by Gasteiger charge is -2.14. The summed E-state index contributed by atoms with van der Waals surface area (Å²) in [6.45, 7) is 4.20. The Balaban J connectivity index is 4.18. The molecule has 0 aromatic carbocycles. The highest BCUT2D eigenvalue weighted by atomic mass is 79.9. The number of hydrogen-bond donors (Lipinski definition) is 0. The zero-order valence-electron chi connectivity index (χ0n) is 10.5. The Morgan fingerprint density at radius 1 is 1.12 bits per heavy atom. The first-order chi connectivity index (χ1) is 8.15. The fourth-order valence-corrected chi connectivity index (χ4v) is 1.87. The second-order valence-corrected chi connectivity index (χ2v) is 4.44. The van der Waals surface area contributed by atoms with Crippen molar-refractivity contribution in [1.82, 2.24) is 0 Å². The van der Waals surface area contributed by atoms with Gasteiger partial charge in [0.25, 0.3) is 0 Å². The van der Waals surface area contributed by atoms with Crippen LogP contribution in [0.2, 0.25) is 0 Å². The van der Waals surface area contributed by atoms with Gasteiger partial charge in [-0.3, -0.25) is 9.59 Å². The number of ether oxygens (including phenoxy) is 2. The Kier molecular flexibility index (Phi) is 10.2. The lowest BCUT2D eigenvalue weighted by atomic mass is 9.99. The molecule has 0 aromatic rings. The zero-order chi connectivity index (χ0) is 13.1. The van der Waals surface area contributed by atoms with Crippen LogP contribution in [-0.4, -0.2) is 30.5 Å². The van der Waals surface area contributed by atoms with Crippen molar-refractivity contribution >= 4 is 27.9 Å². The van der Waals surface area contributed by atoms with Crippen LogP contribution >= 0.6 is 15.9 Å². The SMILES string of the molecule is CCOC(=O)CC(CCCCBr)C(=O)OCC. The Bertz CT molecular complexity index is 231. The van der Waals surface area contributed by atoms with Gasteiger partial charge in [0.1, 0.15) is 0 Å². The van der Waals surface area contributed by atoms with E-state index in [9.17, 15) is 9.59 Å².